The normalized spacial score (nSPS) is 49.7. The van der Waals surface area contributed by atoms with Crippen LogP contribution in [0.5, 0.6) is 0 Å². The maximum atomic E-state index is 5.37. The monoisotopic (exact) mass is 128 g/mol. The van der Waals surface area contributed by atoms with E-state index >= 15 is 0 Å². The second kappa shape index (κ2) is 1.96. The number of rotatable bonds is 0. The summed E-state index contributed by atoms with van der Waals surface area (Å²) in [5.74, 6) is 1.42. The molecule has 9 heavy (non-hydrogen) atoms. The maximum Gasteiger partial charge on any atom is 0.160 e. The molecule has 2 heterocycles. The first-order chi connectivity index (χ1) is 4.38. The second-order valence-corrected chi connectivity index (χ2v) is 3.00. The zero-order chi connectivity index (χ0) is 6.27. The summed E-state index contributed by atoms with van der Waals surface area (Å²) in [6.45, 7) is 4.04. The summed E-state index contributed by atoms with van der Waals surface area (Å²) in [5.41, 5.74) is 0. The third-order valence-corrected chi connectivity index (χ3v) is 2.34. The molecular weight excluding hydrogens is 116 g/mol. The number of fused-ring (bicyclic) bond motifs is 1. The van der Waals surface area contributed by atoms with Crippen molar-refractivity contribution in [3.63, 3.8) is 0 Å². The van der Waals surface area contributed by atoms with Crippen molar-refractivity contribution in [3.05, 3.63) is 0 Å². The largest absolute Gasteiger partial charge is 0.352 e. The number of hydrogen-bond acceptors (Lipinski definition) is 2. The maximum absolute atomic E-state index is 5.37. The molecule has 0 unspecified atom stereocenters. The topological polar surface area (TPSA) is 18.5 Å². The predicted octanol–water partition coefficient (Wildman–Crippen LogP) is 1.02. The smallest absolute Gasteiger partial charge is 0.160 e. The van der Waals surface area contributed by atoms with Gasteiger partial charge in [-0.2, -0.15) is 0 Å². The van der Waals surface area contributed by atoms with Crippen LogP contribution in [0.1, 0.15) is 13.3 Å². The van der Waals surface area contributed by atoms with Crippen LogP contribution in [0.4, 0.5) is 0 Å². The van der Waals surface area contributed by atoms with Crippen molar-refractivity contribution in [1.29, 1.82) is 0 Å². The number of ether oxygens (including phenoxy) is 2. The van der Waals surface area contributed by atoms with Gasteiger partial charge in [0, 0.05) is 5.92 Å². The second-order valence-electron chi connectivity index (χ2n) is 3.00. The van der Waals surface area contributed by atoms with E-state index in [-0.39, 0.29) is 6.29 Å². The molecule has 0 aromatic rings. The van der Waals surface area contributed by atoms with Gasteiger partial charge in [0.1, 0.15) is 0 Å². The zero-order valence-electron chi connectivity index (χ0n) is 5.67. The molecule has 52 valence electrons. The molecule has 2 aliphatic rings. The molecule has 0 N–H and O–H groups in total. The molecule has 2 saturated heterocycles. The molecule has 0 amide bonds. The van der Waals surface area contributed by atoms with Crippen LogP contribution >= 0.6 is 0 Å². The summed E-state index contributed by atoms with van der Waals surface area (Å²) < 4.78 is 10.7. The Hall–Kier alpha value is -0.0800. The van der Waals surface area contributed by atoms with Gasteiger partial charge in [0.25, 0.3) is 0 Å². The van der Waals surface area contributed by atoms with Gasteiger partial charge in [-0.25, -0.2) is 0 Å². The standard InChI is InChI=1S/C7H12O2/c1-5-4-9-7-6(5)2-3-8-7/h5-7H,2-4H2,1H3/t5-,6+,7-/m0/s1. The first-order valence-electron chi connectivity index (χ1n) is 3.61. The minimum Gasteiger partial charge on any atom is -0.352 e. The zero-order valence-corrected chi connectivity index (χ0v) is 5.67. The van der Waals surface area contributed by atoms with E-state index in [0.29, 0.717) is 5.92 Å². The van der Waals surface area contributed by atoms with Crippen LogP contribution in [0.15, 0.2) is 0 Å². The van der Waals surface area contributed by atoms with Crippen LogP contribution in [0, 0.1) is 11.8 Å². The van der Waals surface area contributed by atoms with Gasteiger partial charge in [-0.1, -0.05) is 6.92 Å². The summed E-state index contributed by atoms with van der Waals surface area (Å²) >= 11 is 0. The van der Waals surface area contributed by atoms with Crippen molar-refractivity contribution in [2.75, 3.05) is 13.2 Å². The molecule has 0 aromatic carbocycles. The Kier molecular flexibility index (Phi) is 1.24. The molecule has 0 aromatic heterocycles. The molecule has 2 fully saturated rings. The first-order valence-corrected chi connectivity index (χ1v) is 3.61. The van der Waals surface area contributed by atoms with E-state index in [1.807, 2.05) is 0 Å². The minimum atomic E-state index is 0.153. The summed E-state index contributed by atoms with van der Waals surface area (Å²) in [6.07, 6.45) is 1.35. The third-order valence-electron chi connectivity index (χ3n) is 2.34. The summed E-state index contributed by atoms with van der Waals surface area (Å²) in [4.78, 5) is 0. The lowest BCUT2D eigenvalue weighted by Crippen LogP contribution is -2.12. The Morgan fingerprint density at radius 1 is 1.33 bits per heavy atom. The van der Waals surface area contributed by atoms with Crippen LogP contribution in [0.3, 0.4) is 0 Å². The summed E-state index contributed by atoms with van der Waals surface area (Å²) in [7, 11) is 0. The van der Waals surface area contributed by atoms with Gasteiger partial charge in [0.2, 0.25) is 0 Å². The molecule has 3 atom stereocenters. The fraction of sp³-hybridized carbons (Fsp3) is 1.00. The Bertz CT molecular complexity index is 113. The van der Waals surface area contributed by atoms with Crippen molar-refractivity contribution < 1.29 is 9.47 Å². The van der Waals surface area contributed by atoms with Crippen molar-refractivity contribution in [2.24, 2.45) is 11.8 Å². The molecule has 2 aliphatic heterocycles. The highest BCUT2D eigenvalue weighted by Gasteiger charge is 2.38. The quantitative estimate of drug-likeness (QED) is 0.485. The highest BCUT2D eigenvalue weighted by atomic mass is 16.7. The van der Waals surface area contributed by atoms with E-state index in [1.165, 1.54) is 6.42 Å². The van der Waals surface area contributed by atoms with Gasteiger partial charge >= 0.3 is 0 Å². The van der Waals surface area contributed by atoms with Crippen LogP contribution in [0.25, 0.3) is 0 Å². The SMILES string of the molecule is C[C@H]1CO[C@@H]2OCC[C@@H]21. The fourth-order valence-electron chi connectivity index (χ4n) is 1.67. The Morgan fingerprint density at radius 3 is 3.00 bits per heavy atom. The predicted molar refractivity (Wildman–Crippen MR) is 33.0 cm³/mol. The van der Waals surface area contributed by atoms with Gasteiger partial charge in [0.15, 0.2) is 6.29 Å². The Labute approximate surface area is 55.1 Å². The lowest BCUT2D eigenvalue weighted by Gasteiger charge is -2.07. The minimum absolute atomic E-state index is 0.153. The van der Waals surface area contributed by atoms with Gasteiger partial charge < -0.3 is 9.47 Å². The molecule has 2 heteroatoms. The lowest BCUT2D eigenvalue weighted by atomic mass is 9.96. The van der Waals surface area contributed by atoms with Gasteiger partial charge in [-0.3, -0.25) is 0 Å². The molecule has 0 radical (unpaired) electrons. The van der Waals surface area contributed by atoms with Crippen molar-refractivity contribution in [2.45, 2.75) is 19.6 Å². The average Bonchev–Trinajstić information content (AvgIpc) is 2.35. The van der Waals surface area contributed by atoms with E-state index in [2.05, 4.69) is 6.92 Å². The molecular formula is C7H12O2. The Balaban J connectivity index is 2.07. The molecule has 0 spiro atoms. The van der Waals surface area contributed by atoms with Gasteiger partial charge in [-0.15, -0.1) is 0 Å². The average molecular weight is 128 g/mol. The molecule has 2 nitrogen and oxygen atoms in total. The van der Waals surface area contributed by atoms with E-state index in [9.17, 15) is 0 Å². The van der Waals surface area contributed by atoms with Gasteiger partial charge in [-0.05, 0) is 12.3 Å². The van der Waals surface area contributed by atoms with Crippen molar-refractivity contribution in [1.82, 2.24) is 0 Å². The van der Waals surface area contributed by atoms with Crippen LogP contribution in [-0.4, -0.2) is 19.5 Å². The lowest BCUT2D eigenvalue weighted by molar-refractivity contribution is -0.0905. The molecule has 0 saturated carbocycles. The molecule has 0 bridgehead atoms. The van der Waals surface area contributed by atoms with E-state index < -0.39 is 0 Å². The van der Waals surface area contributed by atoms with Gasteiger partial charge in [0.05, 0.1) is 13.2 Å². The van der Waals surface area contributed by atoms with Crippen molar-refractivity contribution in [3.8, 4) is 0 Å². The van der Waals surface area contributed by atoms with Crippen LogP contribution in [-0.2, 0) is 9.47 Å². The number of hydrogen-bond donors (Lipinski definition) is 0. The third kappa shape index (κ3) is 0.775. The first kappa shape index (κ1) is 5.69. The highest BCUT2D eigenvalue weighted by molar-refractivity contribution is 4.79. The van der Waals surface area contributed by atoms with Crippen LogP contribution in [0.2, 0.25) is 0 Å². The molecule has 2 rings (SSSR count). The van der Waals surface area contributed by atoms with Crippen molar-refractivity contribution >= 4 is 0 Å². The highest BCUT2D eigenvalue weighted by Crippen LogP contribution is 2.34. The van der Waals surface area contributed by atoms with E-state index in [0.717, 1.165) is 19.1 Å². The van der Waals surface area contributed by atoms with E-state index in [1.54, 1.807) is 0 Å². The van der Waals surface area contributed by atoms with E-state index in [4.69, 9.17) is 9.47 Å². The summed E-state index contributed by atoms with van der Waals surface area (Å²) in [5, 5.41) is 0. The molecule has 0 aliphatic carbocycles. The fourth-order valence-corrected chi connectivity index (χ4v) is 1.67. The Morgan fingerprint density at radius 2 is 2.22 bits per heavy atom. The van der Waals surface area contributed by atoms with Crippen LogP contribution < -0.4 is 0 Å². The summed E-state index contributed by atoms with van der Waals surface area (Å²) in [6, 6.07) is 0.